The summed E-state index contributed by atoms with van der Waals surface area (Å²) in [6, 6.07) is 8.53. The van der Waals surface area contributed by atoms with Gasteiger partial charge < -0.3 is 32.8 Å². The summed E-state index contributed by atoms with van der Waals surface area (Å²) >= 11 is 0. The molecular weight excluding hydrogens is 558 g/mol. The van der Waals surface area contributed by atoms with E-state index in [1.807, 2.05) is 12.2 Å². The van der Waals surface area contributed by atoms with E-state index in [-0.39, 0.29) is 85.4 Å². The van der Waals surface area contributed by atoms with Crippen LogP contribution in [0.3, 0.4) is 0 Å². The Balaban J connectivity index is 0.00000722. The zero-order valence-corrected chi connectivity index (χ0v) is 22.0. The first-order chi connectivity index (χ1) is 17.5. The summed E-state index contributed by atoms with van der Waals surface area (Å²) < 4.78 is 95.8. The molecule has 0 bridgehead atoms. The molecule has 39 heavy (non-hydrogen) atoms. The number of hydrogen-bond donors (Lipinski definition) is 0. The molecular formula is C20H16Li2O15S2. The average molecular weight is 574 g/mol. The van der Waals surface area contributed by atoms with Gasteiger partial charge >= 0.3 is 37.7 Å². The SMILES string of the molecule is C#COc1ccc(Oc2ccc(OC#C)c(OCCOOS(=O)(=O)[O-])c2)cc1OCCOOS(=O)(=O)[O-].[Li+].[Li+]. The minimum Gasteiger partial charge on any atom is -0.724 e. The summed E-state index contributed by atoms with van der Waals surface area (Å²) in [6.45, 7) is -1.41. The molecule has 0 unspecified atom stereocenters. The van der Waals surface area contributed by atoms with Gasteiger partial charge in [0, 0.05) is 12.1 Å². The van der Waals surface area contributed by atoms with Crippen LogP contribution in [0.1, 0.15) is 0 Å². The van der Waals surface area contributed by atoms with Gasteiger partial charge in [-0.25, -0.2) is 26.6 Å². The Bertz CT molecular complexity index is 1250. The van der Waals surface area contributed by atoms with Crippen molar-refractivity contribution in [1.29, 1.82) is 0 Å². The fraction of sp³-hybridized carbons (Fsp3) is 0.200. The van der Waals surface area contributed by atoms with Gasteiger partial charge in [-0.15, -0.1) is 8.67 Å². The Labute approximate surface area is 248 Å². The molecule has 0 spiro atoms. The average Bonchev–Trinajstić information content (AvgIpc) is 2.80. The van der Waals surface area contributed by atoms with Crippen molar-refractivity contribution in [2.24, 2.45) is 0 Å². The minimum atomic E-state index is -5.03. The molecule has 0 fully saturated rings. The first-order valence-corrected chi connectivity index (χ1v) is 12.2. The molecule has 2 aromatic rings. The van der Waals surface area contributed by atoms with Gasteiger partial charge in [-0.05, 0) is 24.3 Å². The van der Waals surface area contributed by atoms with Gasteiger partial charge in [0.05, 0.1) is 0 Å². The van der Waals surface area contributed by atoms with E-state index >= 15 is 0 Å². The molecule has 0 aliphatic carbocycles. The second kappa shape index (κ2) is 17.9. The number of hydrogen-bond acceptors (Lipinski definition) is 15. The molecule has 0 heterocycles. The summed E-state index contributed by atoms with van der Waals surface area (Å²) in [5.41, 5.74) is 0. The van der Waals surface area contributed by atoms with Gasteiger partial charge in [0.25, 0.3) is 0 Å². The number of ether oxygens (including phenoxy) is 5. The predicted molar refractivity (Wildman–Crippen MR) is 116 cm³/mol. The van der Waals surface area contributed by atoms with E-state index in [0.717, 1.165) is 0 Å². The van der Waals surface area contributed by atoms with Gasteiger partial charge in [0.2, 0.25) is 20.8 Å². The fourth-order valence-electron chi connectivity index (χ4n) is 2.32. The molecule has 2 aromatic carbocycles. The zero-order chi connectivity index (χ0) is 27.3. The van der Waals surface area contributed by atoms with Crippen molar-refractivity contribution in [2.75, 3.05) is 26.4 Å². The molecule has 15 nitrogen and oxygen atoms in total. The molecule has 0 saturated carbocycles. The third-order valence-electron chi connectivity index (χ3n) is 3.52. The van der Waals surface area contributed by atoms with Crippen molar-refractivity contribution >= 4 is 20.8 Å². The Morgan fingerprint density at radius 2 is 1.03 bits per heavy atom. The smallest absolute Gasteiger partial charge is 0.724 e. The molecule has 19 heteroatoms. The second-order valence-electron chi connectivity index (χ2n) is 6.05. The van der Waals surface area contributed by atoms with E-state index < -0.39 is 34.0 Å². The molecule has 0 radical (unpaired) electrons. The maximum absolute atomic E-state index is 10.4. The van der Waals surface area contributed by atoms with E-state index in [1.165, 1.54) is 36.4 Å². The van der Waals surface area contributed by atoms with Crippen molar-refractivity contribution in [2.45, 2.75) is 0 Å². The van der Waals surface area contributed by atoms with E-state index in [4.69, 9.17) is 36.5 Å². The van der Waals surface area contributed by atoms with Gasteiger partial charge in [0.1, 0.15) is 50.1 Å². The van der Waals surface area contributed by atoms with Crippen molar-refractivity contribution in [3.63, 3.8) is 0 Å². The van der Waals surface area contributed by atoms with Gasteiger partial charge in [-0.3, -0.25) is 0 Å². The van der Waals surface area contributed by atoms with Crippen LogP contribution in [0.25, 0.3) is 0 Å². The Hall–Kier alpha value is -2.59. The van der Waals surface area contributed by atoms with Gasteiger partial charge in [-0.2, -0.15) is 0 Å². The Morgan fingerprint density at radius 3 is 1.36 bits per heavy atom. The zero-order valence-electron chi connectivity index (χ0n) is 20.4. The molecule has 0 N–H and O–H groups in total. The Kier molecular flexibility index (Phi) is 16.7. The van der Waals surface area contributed by atoms with Crippen LogP contribution in [0.15, 0.2) is 36.4 Å². The topological polar surface area (TPSA) is 197 Å². The monoisotopic (exact) mass is 574 g/mol. The molecule has 0 aromatic heterocycles. The fourth-order valence-corrected chi connectivity index (χ4v) is 2.69. The second-order valence-corrected chi connectivity index (χ2v) is 7.96. The molecule has 0 saturated heterocycles. The van der Waals surface area contributed by atoms with E-state index in [0.29, 0.717) is 0 Å². The Morgan fingerprint density at radius 1 is 0.641 bits per heavy atom. The van der Waals surface area contributed by atoms with Crippen LogP contribution in [-0.2, 0) is 39.2 Å². The normalized spacial score (nSPS) is 10.6. The third kappa shape index (κ3) is 15.0. The minimum absolute atomic E-state index is 0. The van der Waals surface area contributed by atoms with E-state index in [9.17, 15) is 25.9 Å². The quantitative estimate of drug-likeness (QED) is 0.0351. The summed E-state index contributed by atoms with van der Waals surface area (Å²) in [6.07, 6.45) is 14.2. The molecule has 200 valence electrons. The van der Waals surface area contributed by atoms with Crippen LogP contribution in [0.2, 0.25) is 0 Å². The number of rotatable bonds is 16. The maximum atomic E-state index is 10.4. The number of terminal acetylenes is 2. The summed E-state index contributed by atoms with van der Waals surface area (Å²) in [5, 5.41) is 0. The first-order valence-electron chi connectivity index (χ1n) is 9.51. The number of benzene rings is 2. The summed E-state index contributed by atoms with van der Waals surface area (Å²) in [4.78, 5) is 8.43. The van der Waals surface area contributed by atoms with E-state index in [1.54, 1.807) is 0 Å². The predicted octanol–water partition coefficient (Wildman–Crippen LogP) is -5.00. The molecule has 0 atom stereocenters. The maximum Gasteiger partial charge on any atom is 1.00 e. The molecule has 0 aliphatic heterocycles. The van der Waals surface area contributed by atoms with E-state index in [2.05, 4.69) is 18.4 Å². The van der Waals surface area contributed by atoms with Crippen LogP contribution < -0.4 is 61.4 Å². The standard InChI is InChI=1S/C20H18O15S2.2Li/c1-3-27-17-7-5-15(13-19(17)29-9-11-31-34-36(21,22)23)33-16-6-8-18(28-4-2)20(14-16)30-10-12-32-35-37(24,25)26;;/h1-2,5-8,13-14H,9-12H2,(H,21,22,23)(H,24,25,26);;/q;2*+1/p-2. The van der Waals surface area contributed by atoms with Crippen LogP contribution in [-0.4, -0.2) is 52.4 Å². The summed E-state index contributed by atoms with van der Waals surface area (Å²) in [5.74, 6) is 0.782. The van der Waals surface area contributed by atoms with Crippen LogP contribution in [0, 0.1) is 25.1 Å². The first kappa shape index (κ1) is 36.4. The van der Waals surface area contributed by atoms with Crippen LogP contribution >= 0.6 is 0 Å². The van der Waals surface area contributed by atoms with Crippen LogP contribution in [0.4, 0.5) is 0 Å². The van der Waals surface area contributed by atoms with Gasteiger partial charge in [-0.1, -0.05) is 12.8 Å². The van der Waals surface area contributed by atoms with Crippen molar-refractivity contribution in [1.82, 2.24) is 0 Å². The molecule has 0 aliphatic rings. The van der Waals surface area contributed by atoms with Crippen LogP contribution in [0.5, 0.6) is 34.5 Å². The van der Waals surface area contributed by atoms with Crippen molar-refractivity contribution < 1.29 is 106 Å². The third-order valence-corrected chi connectivity index (χ3v) is 4.04. The molecule has 0 amide bonds. The largest absolute Gasteiger partial charge is 1.00 e. The van der Waals surface area contributed by atoms with Crippen molar-refractivity contribution in [3.05, 3.63) is 36.4 Å². The van der Waals surface area contributed by atoms with Gasteiger partial charge in [0.15, 0.2) is 23.0 Å². The summed E-state index contributed by atoms with van der Waals surface area (Å²) in [7, 11) is -10.1. The molecule has 2 rings (SSSR count). The van der Waals surface area contributed by atoms with Crippen molar-refractivity contribution in [3.8, 4) is 59.6 Å².